The van der Waals surface area contributed by atoms with Crippen molar-refractivity contribution in [2.45, 2.75) is 0 Å². The summed E-state index contributed by atoms with van der Waals surface area (Å²) < 4.78 is 10.8. The molecule has 5 nitrogen and oxygen atoms in total. The second-order valence-electron chi connectivity index (χ2n) is 4.14. The summed E-state index contributed by atoms with van der Waals surface area (Å²) in [6.45, 7) is 0. The second kappa shape index (κ2) is 6.11. The van der Waals surface area contributed by atoms with Crippen LogP contribution in [0.15, 0.2) is 30.3 Å². The number of nitrogens with two attached hydrogens (primary N) is 2. The van der Waals surface area contributed by atoms with Gasteiger partial charge in [-0.3, -0.25) is 4.79 Å². The van der Waals surface area contributed by atoms with Crippen molar-refractivity contribution < 1.29 is 14.3 Å². The Labute approximate surface area is 131 Å². The fourth-order valence-electron chi connectivity index (χ4n) is 1.66. The number of rotatable bonds is 4. The first-order chi connectivity index (χ1) is 9.92. The number of benzene rings is 2. The highest BCUT2D eigenvalue weighted by molar-refractivity contribution is 6.42. The number of hydrogen-bond acceptors (Lipinski definition) is 4. The molecule has 0 saturated carbocycles. The third-order valence-corrected chi connectivity index (χ3v) is 3.44. The summed E-state index contributed by atoms with van der Waals surface area (Å²) in [6.07, 6.45) is 0. The molecule has 0 aromatic heterocycles. The van der Waals surface area contributed by atoms with Crippen molar-refractivity contribution in [2.24, 2.45) is 5.73 Å². The maximum Gasteiger partial charge on any atom is 0.248 e. The lowest BCUT2D eigenvalue weighted by molar-refractivity contribution is 0.1000. The van der Waals surface area contributed by atoms with Crippen molar-refractivity contribution in [3.8, 4) is 17.2 Å². The van der Waals surface area contributed by atoms with Crippen LogP contribution in [0.2, 0.25) is 10.0 Å². The Morgan fingerprint density at radius 1 is 1.05 bits per heavy atom. The number of carbonyl (C=O) groups is 1. The molecule has 0 saturated heterocycles. The molecule has 0 bridgehead atoms. The zero-order valence-corrected chi connectivity index (χ0v) is 12.5. The second-order valence-corrected chi connectivity index (χ2v) is 4.95. The van der Waals surface area contributed by atoms with E-state index >= 15 is 0 Å². The third-order valence-electron chi connectivity index (χ3n) is 2.72. The number of hydrogen-bond donors (Lipinski definition) is 2. The van der Waals surface area contributed by atoms with Crippen LogP contribution in [-0.2, 0) is 0 Å². The molecule has 0 unspecified atom stereocenters. The lowest BCUT2D eigenvalue weighted by Gasteiger charge is -2.13. The highest BCUT2D eigenvalue weighted by atomic mass is 35.5. The van der Waals surface area contributed by atoms with Crippen molar-refractivity contribution in [1.82, 2.24) is 0 Å². The van der Waals surface area contributed by atoms with E-state index in [-0.39, 0.29) is 0 Å². The topological polar surface area (TPSA) is 87.6 Å². The number of methoxy groups -OCH3 is 1. The first kappa shape index (κ1) is 15.3. The van der Waals surface area contributed by atoms with Crippen LogP contribution in [-0.4, -0.2) is 13.0 Å². The molecule has 0 spiro atoms. The molecule has 7 heteroatoms. The molecule has 0 aliphatic rings. The first-order valence-electron chi connectivity index (χ1n) is 5.82. The summed E-state index contributed by atoms with van der Waals surface area (Å²) in [4.78, 5) is 11.1. The van der Waals surface area contributed by atoms with E-state index in [9.17, 15) is 4.79 Å². The van der Waals surface area contributed by atoms with Gasteiger partial charge < -0.3 is 20.9 Å². The van der Waals surface area contributed by atoms with Gasteiger partial charge >= 0.3 is 0 Å². The largest absolute Gasteiger partial charge is 0.493 e. The van der Waals surface area contributed by atoms with E-state index in [1.54, 1.807) is 6.07 Å². The number of amides is 1. The summed E-state index contributed by atoms with van der Waals surface area (Å²) in [5.74, 6) is 0.479. The monoisotopic (exact) mass is 326 g/mol. The van der Waals surface area contributed by atoms with Gasteiger partial charge in [0.15, 0.2) is 17.2 Å². The number of primary amides is 1. The molecule has 0 fully saturated rings. The molecular weight excluding hydrogens is 315 g/mol. The predicted octanol–water partition coefficient (Wildman–Crippen LogP) is 3.48. The average molecular weight is 327 g/mol. The summed E-state index contributed by atoms with van der Waals surface area (Å²) in [7, 11) is 1.45. The van der Waals surface area contributed by atoms with E-state index in [2.05, 4.69) is 0 Å². The lowest BCUT2D eigenvalue weighted by atomic mass is 10.2. The SMILES string of the molecule is COc1cc(C(N)=O)ccc1Oc1cc(Cl)c(Cl)cc1N. The van der Waals surface area contributed by atoms with Crippen molar-refractivity contribution >= 4 is 34.8 Å². The summed E-state index contributed by atoms with van der Waals surface area (Å²) in [5, 5.41) is 0.645. The van der Waals surface area contributed by atoms with Gasteiger partial charge in [-0.1, -0.05) is 23.2 Å². The van der Waals surface area contributed by atoms with E-state index < -0.39 is 5.91 Å². The maximum absolute atomic E-state index is 11.1. The van der Waals surface area contributed by atoms with Crippen LogP contribution in [0.4, 0.5) is 5.69 Å². The normalized spacial score (nSPS) is 10.2. The van der Waals surface area contributed by atoms with E-state index in [1.807, 2.05) is 0 Å². The van der Waals surface area contributed by atoms with Gasteiger partial charge in [0.2, 0.25) is 5.91 Å². The number of anilines is 1. The van der Waals surface area contributed by atoms with Crippen LogP contribution < -0.4 is 20.9 Å². The summed E-state index contributed by atoms with van der Waals surface area (Å²) in [6, 6.07) is 7.55. The fourth-order valence-corrected chi connectivity index (χ4v) is 1.98. The molecule has 2 rings (SSSR count). The van der Waals surface area contributed by atoms with Crippen LogP contribution in [0.1, 0.15) is 10.4 Å². The van der Waals surface area contributed by atoms with E-state index in [0.29, 0.717) is 38.5 Å². The van der Waals surface area contributed by atoms with Crippen molar-refractivity contribution in [3.05, 3.63) is 45.9 Å². The van der Waals surface area contributed by atoms with Gasteiger partial charge in [0.05, 0.1) is 22.8 Å². The molecule has 110 valence electrons. The first-order valence-corrected chi connectivity index (χ1v) is 6.58. The van der Waals surface area contributed by atoms with Crippen LogP contribution in [0.25, 0.3) is 0 Å². The van der Waals surface area contributed by atoms with Gasteiger partial charge in [-0.25, -0.2) is 0 Å². The molecule has 2 aromatic carbocycles. The lowest BCUT2D eigenvalue weighted by Crippen LogP contribution is -2.10. The molecule has 0 aliphatic heterocycles. The molecule has 4 N–H and O–H groups in total. The summed E-state index contributed by atoms with van der Waals surface area (Å²) >= 11 is 11.8. The van der Waals surface area contributed by atoms with E-state index in [4.69, 9.17) is 44.1 Å². The highest BCUT2D eigenvalue weighted by Gasteiger charge is 2.12. The minimum absolute atomic E-state index is 0.307. The molecular formula is C14H12Cl2N2O3. The number of carbonyl (C=O) groups excluding carboxylic acids is 1. The Hall–Kier alpha value is -2.11. The van der Waals surface area contributed by atoms with E-state index in [0.717, 1.165) is 0 Å². The Balaban J connectivity index is 2.40. The average Bonchev–Trinajstić information content (AvgIpc) is 2.44. The Bertz CT molecular complexity index is 705. The van der Waals surface area contributed by atoms with Crippen LogP contribution in [0.3, 0.4) is 0 Å². The van der Waals surface area contributed by atoms with Gasteiger partial charge in [-0.05, 0) is 24.3 Å². The minimum atomic E-state index is -0.561. The van der Waals surface area contributed by atoms with Gasteiger partial charge in [0, 0.05) is 11.6 Å². The molecule has 1 amide bonds. The van der Waals surface area contributed by atoms with Crippen LogP contribution in [0.5, 0.6) is 17.2 Å². The van der Waals surface area contributed by atoms with Gasteiger partial charge in [0.1, 0.15) is 0 Å². The maximum atomic E-state index is 11.1. The Morgan fingerprint density at radius 3 is 2.33 bits per heavy atom. The Morgan fingerprint density at radius 2 is 1.71 bits per heavy atom. The van der Waals surface area contributed by atoms with E-state index in [1.165, 1.54) is 31.4 Å². The van der Waals surface area contributed by atoms with Crippen molar-refractivity contribution in [3.63, 3.8) is 0 Å². The van der Waals surface area contributed by atoms with Gasteiger partial charge in [-0.15, -0.1) is 0 Å². The quantitative estimate of drug-likeness (QED) is 0.842. The molecule has 0 aliphatic carbocycles. The standard InChI is InChI=1S/C14H12Cl2N2O3/c1-20-13-4-7(14(18)19)2-3-11(13)21-12-6-9(16)8(15)5-10(12)17/h2-6H,17H2,1H3,(H2,18,19). The molecule has 0 heterocycles. The van der Waals surface area contributed by atoms with Crippen molar-refractivity contribution in [1.29, 1.82) is 0 Å². The van der Waals surface area contributed by atoms with Crippen LogP contribution >= 0.6 is 23.2 Å². The fraction of sp³-hybridized carbons (Fsp3) is 0.0714. The predicted molar refractivity (Wildman–Crippen MR) is 82.5 cm³/mol. The number of ether oxygens (including phenoxy) is 2. The molecule has 2 aromatic rings. The third kappa shape index (κ3) is 3.32. The van der Waals surface area contributed by atoms with Crippen molar-refractivity contribution in [2.75, 3.05) is 12.8 Å². The highest BCUT2D eigenvalue weighted by Crippen LogP contribution is 2.38. The van der Waals surface area contributed by atoms with Gasteiger partial charge in [-0.2, -0.15) is 0 Å². The number of nitrogen functional groups attached to an aromatic ring is 1. The zero-order chi connectivity index (χ0) is 15.6. The smallest absolute Gasteiger partial charge is 0.248 e. The summed E-state index contributed by atoms with van der Waals surface area (Å²) in [5.41, 5.74) is 11.7. The zero-order valence-electron chi connectivity index (χ0n) is 11.0. The van der Waals surface area contributed by atoms with Crippen LogP contribution in [0, 0.1) is 0 Å². The molecule has 0 radical (unpaired) electrons. The molecule has 21 heavy (non-hydrogen) atoms. The molecule has 0 atom stereocenters. The minimum Gasteiger partial charge on any atom is -0.493 e. The Kier molecular flexibility index (Phi) is 4.45. The van der Waals surface area contributed by atoms with Gasteiger partial charge in [0.25, 0.3) is 0 Å². The number of halogens is 2.